The van der Waals surface area contributed by atoms with Gasteiger partial charge in [-0.3, -0.25) is 5.43 Å². The molecule has 1 aromatic heterocycles. The molecular formula is C11H8Cl2F3N5. The van der Waals surface area contributed by atoms with Crippen molar-refractivity contribution < 1.29 is 13.2 Å². The lowest BCUT2D eigenvalue weighted by Crippen LogP contribution is -2.16. The van der Waals surface area contributed by atoms with E-state index < -0.39 is 11.9 Å². The number of hydrogen-bond acceptors (Lipinski definition) is 5. The first-order valence-corrected chi connectivity index (χ1v) is 6.20. The Hall–Kier alpha value is -1.77. The van der Waals surface area contributed by atoms with Gasteiger partial charge >= 0.3 is 6.18 Å². The van der Waals surface area contributed by atoms with Gasteiger partial charge in [0.05, 0.1) is 10.7 Å². The number of alkyl halides is 3. The first-order valence-electron chi connectivity index (χ1n) is 5.44. The molecule has 0 aliphatic carbocycles. The highest BCUT2D eigenvalue weighted by Gasteiger charge is 2.33. The molecule has 0 atom stereocenters. The lowest BCUT2D eigenvalue weighted by Gasteiger charge is -2.12. The topological polar surface area (TPSA) is 75.9 Å². The van der Waals surface area contributed by atoms with E-state index in [1.807, 2.05) is 5.43 Å². The third-order valence-electron chi connectivity index (χ3n) is 2.34. The Bertz CT molecular complexity index is 663. The number of benzene rings is 1. The predicted octanol–water partition coefficient (Wildman–Crippen LogP) is 3.83. The molecule has 1 aromatic carbocycles. The van der Waals surface area contributed by atoms with Crippen LogP contribution < -0.4 is 16.6 Å². The number of halogens is 5. The van der Waals surface area contributed by atoms with Gasteiger partial charge < -0.3 is 5.32 Å². The number of nitrogen functional groups attached to an aromatic ring is 1. The van der Waals surface area contributed by atoms with E-state index in [4.69, 9.17) is 29.0 Å². The highest BCUT2D eigenvalue weighted by atomic mass is 35.5. The molecule has 10 heteroatoms. The second-order valence-electron chi connectivity index (χ2n) is 3.85. The molecule has 0 amide bonds. The summed E-state index contributed by atoms with van der Waals surface area (Å²) in [6, 6.07) is 5.23. The van der Waals surface area contributed by atoms with Gasteiger partial charge in [0.1, 0.15) is 5.82 Å². The minimum Gasteiger partial charge on any atom is -0.339 e. The Labute approximate surface area is 127 Å². The van der Waals surface area contributed by atoms with Crippen LogP contribution >= 0.6 is 23.2 Å². The number of nitrogens with one attached hydrogen (secondary N) is 2. The zero-order valence-electron chi connectivity index (χ0n) is 10.2. The van der Waals surface area contributed by atoms with Crippen molar-refractivity contribution in [3.8, 4) is 0 Å². The minimum atomic E-state index is -4.63. The quantitative estimate of drug-likeness (QED) is 0.586. The van der Waals surface area contributed by atoms with Crippen LogP contribution in [-0.4, -0.2) is 9.97 Å². The van der Waals surface area contributed by atoms with Gasteiger partial charge in [-0.15, -0.1) is 0 Å². The van der Waals surface area contributed by atoms with Crippen molar-refractivity contribution in [1.82, 2.24) is 9.97 Å². The van der Waals surface area contributed by atoms with Crippen LogP contribution in [0, 0.1) is 0 Å². The Balaban J connectivity index is 2.39. The second-order valence-corrected chi connectivity index (χ2v) is 4.70. The zero-order chi connectivity index (χ0) is 15.6. The van der Waals surface area contributed by atoms with Crippen molar-refractivity contribution in [2.45, 2.75) is 6.18 Å². The summed E-state index contributed by atoms with van der Waals surface area (Å²) in [6.45, 7) is 0. The molecule has 0 unspecified atom stereocenters. The van der Waals surface area contributed by atoms with Crippen LogP contribution in [0.2, 0.25) is 10.0 Å². The SMILES string of the molecule is NNc1nc(Nc2ccc(Cl)cc2Cl)cc(C(F)(F)F)n1. The minimum absolute atomic E-state index is 0.116. The smallest absolute Gasteiger partial charge is 0.339 e. The van der Waals surface area contributed by atoms with Crippen LogP contribution in [0.1, 0.15) is 5.69 Å². The molecule has 0 fully saturated rings. The van der Waals surface area contributed by atoms with Crippen LogP contribution in [0.15, 0.2) is 24.3 Å². The summed E-state index contributed by atoms with van der Waals surface area (Å²) in [5, 5.41) is 3.28. The van der Waals surface area contributed by atoms with Crippen molar-refractivity contribution >= 4 is 40.7 Å². The Morgan fingerprint density at radius 1 is 1.10 bits per heavy atom. The lowest BCUT2D eigenvalue weighted by molar-refractivity contribution is -0.141. The molecule has 2 rings (SSSR count). The van der Waals surface area contributed by atoms with E-state index in [2.05, 4.69) is 15.3 Å². The van der Waals surface area contributed by atoms with E-state index in [0.29, 0.717) is 10.7 Å². The summed E-state index contributed by atoms with van der Waals surface area (Å²) in [7, 11) is 0. The molecule has 0 spiro atoms. The highest BCUT2D eigenvalue weighted by molar-refractivity contribution is 6.36. The first kappa shape index (κ1) is 15.6. The van der Waals surface area contributed by atoms with Crippen LogP contribution in [0.5, 0.6) is 0 Å². The fraction of sp³-hybridized carbons (Fsp3) is 0.0909. The Morgan fingerprint density at radius 2 is 1.81 bits per heavy atom. The maximum absolute atomic E-state index is 12.7. The summed E-state index contributed by atoms with van der Waals surface area (Å²) >= 11 is 11.7. The molecule has 0 aliphatic heterocycles. The number of nitrogens with two attached hydrogens (primary N) is 1. The number of rotatable bonds is 3. The van der Waals surface area contributed by atoms with Gasteiger partial charge in [-0.2, -0.15) is 18.2 Å². The maximum Gasteiger partial charge on any atom is 0.433 e. The van der Waals surface area contributed by atoms with Crippen molar-refractivity contribution in [3.63, 3.8) is 0 Å². The molecule has 1 heterocycles. The molecule has 112 valence electrons. The number of anilines is 3. The molecule has 0 bridgehead atoms. The maximum atomic E-state index is 12.7. The Kier molecular flexibility index (Phi) is 4.40. The van der Waals surface area contributed by atoms with Gasteiger partial charge in [-0.1, -0.05) is 23.2 Å². The van der Waals surface area contributed by atoms with Crippen molar-refractivity contribution in [3.05, 3.63) is 40.0 Å². The molecular weight excluding hydrogens is 330 g/mol. The van der Waals surface area contributed by atoms with Crippen LogP contribution in [0.25, 0.3) is 0 Å². The molecule has 0 aliphatic rings. The molecule has 5 nitrogen and oxygen atoms in total. The van der Waals surface area contributed by atoms with Crippen molar-refractivity contribution in [1.29, 1.82) is 0 Å². The van der Waals surface area contributed by atoms with Crippen LogP contribution in [-0.2, 0) is 6.18 Å². The average molecular weight is 338 g/mol. The van der Waals surface area contributed by atoms with Gasteiger partial charge in [-0.25, -0.2) is 10.8 Å². The summed E-state index contributed by atoms with van der Waals surface area (Å²) in [5.74, 6) is 4.57. The third kappa shape index (κ3) is 3.87. The highest BCUT2D eigenvalue weighted by Crippen LogP contribution is 2.32. The van der Waals surface area contributed by atoms with Crippen molar-refractivity contribution in [2.24, 2.45) is 5.84 Å². The number of hydrazine groups is 1. The Morgan fingerprint density at radius 3 is 2.38 bits per heavy atom. The van der Waals surface area contributed by atoms with E-state index in [1.165, 1.54) is 18.2 Å². The van der Waals surface area contributed by atoms with E-state index in [1.54, 1.807) is 0 Å². The average Bonchev–Trinajstić information content (AvgIpc) is 2.40. The molecule has 2 aromatic rings. The van der Waals surface area contributed by atoms with E-state index >= 15 is 0 Å². The van der Waals surface area contributed by atoms with E-state index in [-0.39, 0.29) is 16.8 Å². The van der Waals surface area contributed by atoms with Crippen molar-refractivity contribution in [2.75, 3.05) is 10.7 Å². The van der Waals surface area contributed by atoms with E-state index in [9.17, 15) is 13.2 Å². The number of aromatic nitrogens is 2. The summed E-state index contributed by atoms with van der Waals surface area (Å²) in [5.41, 5.74) is 1.18. The summed E-state index contributed by atoms with van der Waals surface area (Å²) in [4.78, 5) is 7.01. The van der Waals surface area contributed by atoms with Gasteiger partial charge in [0.25, 0.3) is 0 Å². The lowest BCUT2D eigenvalue weighted by atomic mass is 10.3. The normalized spacial score (nSPS) is 11.3. The van der Waals surface area contributed by atoms with Crippen LogP contribution in [0.3, 0.4) is 0 Å². The monoisotopic (exact) mass is 337 g/mol. The number of hydrogen-bond donors (Lipinski definition) is 3. The fourth-order valence-electron chi connectivity index (χ4n) is 1.45. The first-order chi connectivity index (χ1) is 9.79. The predicted molar refractivity (Wildman–Crippen MR) is 74.6 cm³/mol. The second kappa shape index (κ2) is 5.92. The standard InChI is InChI=1S/C11H8Cl2F3N5/c12-5-1-2-7(6(13)3-5)18-9-4-8(11(14,15)16)19-10(20-9)21-17/h1-4H,17H2,(H2,18,19,20,21). The molecule has 0 radical (unpaired) electrons. The molecule has 21 heavy (non-hydrogen) atoms. The van der Waals surface area contributed by atoms with Gasteiger partial charge in [0, 0.05) is 11.1 Å². The van der Waals surface area contributed by atoms with Gasteiger partial charge in [0.2, 0.25) is 5.95 Å². The number of nitrogens with zero attached hydrogens (tertiary/aromatic N) is 2. The summed E-state index contributed by atoms with van der Waals surface area (Å²) < 4.78 is 38.2. The van der Waals surface area contributed by atoms with Gasteiger partial charge in [-0.05, 0) is 18.2 Å². The third-order valence-corrected chi connectivity index (χ3v) is 2.89. The zero-order valence-corrected chi connectivity index (χ0v) is 11.7. The van der Waals surface area contributed by atoms with Crippen LogP contribution in [0.4, 0.5) is 30.6 Å². The summed E-state index contributed by atoms with van der Waals surface area (Å²) in [6.07, 6.45) is -4.63. The largest absolute Gasteiger partial charge is 0.433 e. The fourth-order valence-corrected chi connectivity index (χ4v) is 1.91. The molecule has 4 N–H and O–H groups in total. The van der Waals surface area contributed by atoms with E-state index in [0.717, 1.165) is 6.07 Å². The molecule has 0 saturated carbocycles. The van der Waals surface area contributed by atoms with Gasteiger partial charge in [0.15, 0.2) is 5.69 Å². The molecule has 0 saturated heterocycles.